The fraction of sp³-hybridized carbons (Fsp3) is 0.269. The zero-order chi connectivity index (χ0) is 25.3. The summed E-state index contributed by atoms with van der Waals surface area (Å²) in [5.74, 6) is -1.33. The number of likely N-dealkylation sites (N-methyl/N-ethyl adjacent to an activating group) is 1. The largest absolute Gasteiger partial charge is 0.353 e. The normalized spacial score (nSPS) is 13.0. The van der Waals surface area contributed by atoms with Crippen LogP contribution in [-0.2, 0) is 6.54 Å². The van der Waals surface area contributed by atoms with Crippen molar-refractivity contribution in [3.05, 3.63) is 71.3 Å². The molecule has 0 spiro atoms. The second-order valence-electron chi connectivity index (χ2n) is 8.80. The molecule has 0 atom stereocenters. The summed E-state index contributed by atoms with van der Waals surface area (Å²) >= 11 is 0. The van der Waals surface area contributed by atoms with E-state index in [2.05, 4.69) is 22.2 Å². The third kappa shape index (κ3) is 4.85. The first-order valence-electron chi connectivity index (χ1n) is 11.3. The van der Waals surface area contributed by atoms with Crippen LogP contribution >= 0.6 is 0 Å². The van der Waals surface area contributed by atoms with Crippen LogP contribution in [0.4, 0.5) is 31.0 Å². The first-order chi connectivity index (χ1) is 16.7. The van der Waals surface area contributed by atoms with Crippen LogP contribution in [0.2, 0.25) is 0 Å². The summed E-state index contributed by atoms with van der Waals surface area (Å²) in [5, 5.41) is 5.90. The summed E-state index contributed by atoms with van der Waals surface area (Å²) in [6, 6.07) is 8.74. The first-order valence-corrected chi connectivity index (χ1v) is 11.3. The number of fused-ring (bicyclic) bond motifs is 1. The molecule has 4 rings (SSSR count). The van der Waals surface area contributed by atoms with Crippen LogP contribution < -0.4 is 15.5 Å². The van der Waals surface area contributed by atoms with Crippen LogP contribution in [0.15, 0.2) is 43.0 Å². The van der Waals surface area contributed by atoms with E-state index in [4.69, 9.17) is 4.98 Å². The van der Waals surface area contributed by atoms with E-state index in [9.17, 15) is 13.6 Å². The number of carbonyl (C=O) groups excluding carboxylic acids is 1. The Morgan fingerprint density at radius 1 is 1.20 bits per heavy atom. The minimum Gasteiger partial charge on any atom is -0.353 e. The topological polar surface area (TPSA) is 73.4 Å². The first kappa shape index (κ1) is 24.3. The van der Waals surface area contributed by atoms with Crippen molar-refractivity contribution in [1.82, 2.24) is 20.2 Å². The van der Waals surface area contributed by atoms with E-state index in [1.165, 1.54) is 6.07 Å². The molecule has 2 N–H and O–H groups in total. The Kier molecular flexibility index (Phi) is 6.79. The number of aryl methyl sites for hydroxylation is 1. The van der Waals surface area contributed by atoms with E-state index in [1.54, 1.807) is 0 Å². The number of urea groups is 1. The minimum atomic E-state index is -0.865. The van der Waals surface area contributed by atoms with Gasteiger partial charge in [0.2, 0.25) is 5.95 Å². The van der Waals surface area contributed by atoms with Crippen LogP contribution in [0.1, 0.15) is 23.6 Å². The van der Waals surface area contributed by atoms with E-state index >= 15 is 0 Å². The van der Waals surface area contributed by atoms with Crippen molar-refractivity contribution in [2.75, 3.05) is 37.4 Å². The lowest BCUT2D eigenvalue weighted by atomic mass is 9.96. The molecule has 0 fully saturated rings. The fourth-order valence-electron chi connectivity index (χ4n) is 3.90. The molecule has 3 aromatic rings. The number of benzene rings is 2. The Hall–Kier alpha value is -3.85. The van der Waals surface area contributed by atoms with E-state index in [0.717, 1.165) is 39.3 Å². The van der Waals surface area contributed by atoms with Crippen molar-refractivity contribution < 1.29 is 13.6 Å². The smallest absolute Gasteiger partial charge is 0.328 e. The van der Waals surface area contributed by atoms with Gasteiger partial charge in [-0.1, -0.05) is 30.4 Å². The summed E-state index contributed by atoms with van der Waals surface area (Å²) in [4.78, 5) is 25.2. The number of anilines is 3. The van der Waals surface area contributed by atoms with Crippen molar-refractivity contribution in [2.24, 2.45) is 0 Å². The zero-order valence-electron chi connectivity index (χ0n) is 20.2. The molecule has 0 saturated heterocycles. The van der Waals surface area contributed by atoms with Crippen LogP contribution in [0.25, 0.3) is 16.8 Å². The molecule has 2 amide bonds. The third-order valence-electron chi connectivity index (χ3n) is 5.81. The third-order valence-corrected chi connectivity index (χ3v) is 5.81. The van der Waals surface area contributed by atoms with Gasteiger partial charge in [-0.05, 0) is 57.3 Å². The number of nitrogens with one attached hydrogen (secondary N) is 2. The van der Waals surface area contributed by atoms with Crippen molar-refractivity contribution >= 4 is 29.1 Å². The Morgan fingerprint density at radius 2 is 1.91 bits per heavy atom. The Labute approximate surface area is 203 Å². The number of halogens is 2. The van der Waals surface area contributed by atoms with Crippen LogP contribution in [-0.4, -0.2) is 48.1 Å². The molecule has 2 aromatic carbocycles. The summed E-state index contributed by atoms with van der Waals surface area (Å²) in [6.45, 7) is 9.28. The summed E-state index contributed by atoms with van der Waals surface area (Å²) in [5.41, 5.74) is 4.26. The van der Waals surface area contributed by atoms with Gasteiger partial charge in [0.1, 0.15) is 17.3 Å². The maximum Gasteiger partial charge on any atom is 0.328 e. The van der Waals surface area contributed by atoms with Crippen molar-refractivity contribution in [1.29, 1.82) is 0 Å². The standard InChI is InChI=1S/C26H28F2N6O/c1-15(2)17-10-9-16(3)18(13-17)22-19-14-30-26(35)34(23-20(27)7-6-8-21(23)28)24(19)32-25(31-22)29-11-12-33(4)5/h6-10,13H,1,11-12,14H2,2-5H3,(H,30,35)(H,29,31,32). The number of hydrogen-bond donors (Lipinski definition) is 2. The van der Waals surface area contributed by atoms with Crippen molar-refractivity contribution in [3.63, 3.8) is 0 Å². The van der Waals surface area contributed by atoms with E-state index < -0.39 is 23.4 Å². The predicted molar refractivity (Wildman–Crippen MR) is 135 cm³/mol. The second kappa shape index (κ2) is 9.79. The molecule has 7 nitrogen and oxygen atoms in total. The molecule has 0 radical (unpaired) electrons. The van der Waals surface area contributed by atoms with Gasteiger partial charge in [-0.15, -0.1) is 0 Å². The van der Waals surface area contributed by atoms with E-state index in [-0.39, 0.29) is 18.3 Å². The van der Waals surface area contributed by atoms with Gasteiger partial charge in [0.25, 0.3) is 0 Å². The number of amides is 2. The monoisotopic (exact) mass is 478 g/mol. The molecule has 0 saturated carbocycles. The number of aromatic nitrogens is 2. The summed E-state index contributed by atoms with van der Waals surface area (Å²) < 4.78 is 29.6. The van der Waals surface area contributed by atoms with Gasteiger partial charge in [0, 0.05) is 24.2 Å². The highest BCUT2D eigenvalue weighted by molar-refractivity contribution is 6.02. The minimum absolute atomic E-state index is 0.116. The molecule has 2 heterocycles. The van der Waals surface area contributed by atoms with Crippen LogP contribution in [0.3, 0.4) is 0 Å². The van der Waals surface area contributed by atoms with Crippen molar-refractivity contribution in [2.45, 2.75) is 20.4 Å². The molecule has 1 aliphatic heterocycles. The quantitative estimate of drug-likeness (QED) is 0.494. The second-order valence-corrected chi connectivity index (χ2v) is 8.80. The number of allylic oxidation sites excluding steroid dienone is 1. The van der Waals surface area contributed by atoms with Gasteiger partial charge in [-0.3, -0.25) is 0 Å². The zero-order valence-corrected chi connectivity index (χ0v) is 20.2. The molecule has 0 bridgehead atoms. The van der Waals surface area contributed by atoms with Gasteiger partial charge < -0.3 is 15.5 Å². The highest BCUT2D eigenvalue weighted by atomic mass is 19.1. The molecule has 0 unspecified atom stereocenters. The molecular formula is C26H28F2N6O. The lowest BCUT2D eigenvalue weighted by molar-refractivity contribution is 0.246. The summed E-state index contributed by atoms with van der Waals surface area (Å²) in [6.07, 6.45) is 0. The average molecular weight is 479 g/mol. The van der Waals surface area contributed by atoms with Crippen LogP contribution in [0.5, 0.6) is 0 Å². The Balaban J connectivity index is 1.95. The van der Waals surface area contributed by atoms with Gasteiger partial charge in [-0.25, -0.2) is 23.5 Å². The molecule has 9 heteroatoms. The average Bonchev–Trinajstić information content (AvgIpc) is 2.79. The lowest BCUT2D eigenvalue weighted by Gasteiger charge is -2.31. The summed E-state index contributed by atoms with van der Waals surface area (Å²) in [7, 11) is 3.89. The Morgan fingerprint density at radius 3 is 2.57 bits per heavy atom. The SMILES string of the molecule is C=C(C)c1ccc(C)c(-c2nc(NCCN(C)C)nc3c2CNC(=O)N3c2c(F)cccc2F)c1. The van der Waals surface area contributed by atoms with Gasteiger partial charge >= 0.3 is 6.03 Å². The maximum atomic E-state index is 14.8. The number of hydrogen-bond acceptors (Lipinski definition) is 5. The molecular weight excluding hydrogens is 450 g/mol. The molecule has 0 aliphatic carbocycles. The number of carbonyl (C=O) groups is 1. The fourth-order valence-corrected chi connectivity index (χ4v) is 3.90. The highest BCUT2D eigenvalue weighted by Crippen LogP contribution is 2.39. The van der Waals surface area contributed by atoms with Gasteiger partial charge in [0.05, 0.1) is 12.2 Å². The highest BCUT2D eigenvalue weighted by Gasteiger charge is 2.34. The van der Waals surface area contributed by atoms with E-state index in [1.807, 2.05) is 51.0 Å². The maximum absolute atomic E-state index is 14.8. The van der Waals surface area contributed by atoms with Crippen molar-refractivity contribution in [3.8, 4) is 11.3 Å². The molecule has 1 aromatic heterocycles. The number of nitrogens with zero attached hydrogens (tertiary/aromatic N) is 4. The van der Waals surface area contributed by atoms with Gasteiger partial charge in [-0.2, -0.15) is 4.98 Å². The molecule has 35 heavy (non-hydrogen) atoms. The number of para-hydroxylation sites is 1. The Bertz CT molecular complexity index is 1290. The van der Waals surface area contributed by atoms with E-state index in [0.29, 0.717) is 24.3 Å². The lowest BCUT2D eigenvalue weighted by Crippen LogP contribution is -2.43. The number of rotatable bonds is 7. The molecule has 182 valence electrons. The van der Waals surface area contributed by atoms with Crippen LogP contribution in [0, 0.1) is 18.6 Å². The molecule has 1 aliphatic rings. The predicted octanol–water partition coefficient (Wildman–Crippen LogP) is 5.10. The van der Waals surface area contributed by atoms with Gasteiger partial charge in [0.15, 0.2) is 5.82 Å².